The van der Waals surface area contributed by atoms with Gasteiger partial charge in [0.2, 0.25) is 0 Å². The van der Waals surface area contributed by atoms with Gasteiger partial charge in [-0.2, -0.15) is 0 Å². The maximum atomic E-state index is 5.65. The number of allylic oxidation sites excluding steroid dienone is 1. The molecule has 0 atom stereocenters. The molecule has 24 heavy (non-hydrogen) atoms. The zero-order valence-electron chi connectivity index (χ0n) is 13.7. The Kier molecular flexibility index (Phi) is 3.68. The molecule has 2 N–H and O–H groups in total. The van der Waals surface area contributed by atoms with Crippen molar-refractivity contribution >= 4 is 27.2 Å². The third-order valence-electron chi connectivity index (χ3n) is 4.58. The lowest BCUT2D eigenvalue weighted by atomic mass is 10.1. The number of nitrogens with zero attached hydrogens (tertiary/aromatic N) is 1. The molecule has 0 saturated heterocycles. The first-order valence-electron chi connectivity index (χ1n) is 8.24. The van der Waals surface area contributed by atoms with Crippen molar-refractivity contribution in [2.75, 3.05) is 6.54 Å². The summed E-state index contributed by atoms with van der Waals surface area (Å²) < 4.78 is 2.27. The normalized spacial score (nSPS) is 12.2. The molecular weight excluding hydrogens is 292 g/mol. The lowest BCUT2D eigenvalue weighted by Gasteiger charge is -2.10. The van der Waals surface area contributed by atoms with Crippen LogP contribution in [-0.4, -0.2) is 11.1 Å². The minimum Gasteiger partial charge on any atom is -0.327 e. The Morgan fingerprint density at radius 3 is 2.67 bits per heavy atom. The van der Waals surface area contributed by atoms with Crippen molar-refractivity contribution in [3.8, 4) is 5.69 Å². The monoisotopic (exact) mass is 312 g/mol. The summed E-state index contributed by atoms with van der Waals surface area (Å²) in [6.07, 6.45) is 4.21. The first kappa shape index (κ1) is 14.7. The molecule has 2 nitrogen and oxygen atoms in total. The molecule has 1 aromatic heterocycles. The number of aromatic nitrogens is 1. The molecule has 118 valence electrons. The highest BCUT2D eigenvalue weighted by molar-refractivity contribution is 6.06. The third kappa shape index (κ3) is 2.41. The SMILES string of the molecule is C/C(=C\CN)c1cccc(-n2ccc3ccc4ccccc4c32)c1. The maximum absolute atomic E-state index is 5.65. The van der Waals surface area contributed by atoms with Crippen LogP contribution in [0.4, 0.5) is 0 Å². The van der Waals surface area contributed by atoms with E-state index in [1.54, 1.807) is 0 Å². The number of hydrogen-bond donors (Lipinski definition) is 1. The van der Waals surface area contributed by atoms with Gasteiger partial charge in [-0.3, -0.25) is 0 Å². The van der Waals surface area contributed by atoms with E-state index in [0.29, 0.717) is 6.54 Å². The van der Waals surface area contributed by atoms with Gasteiger partial charge in [-0.1, -0.05) is 54.6 Å². The fourth-order valence-electron chi connectivity index (χ4n) is 3.32. The van der Waals surface area contributed by atoms with Gasteiger partial charge in [-0.05, 0) is 41.6 Å². The van der Waals surface area contributed by atoms with E-state index < -0.39 is 0 Å². The quantitative estimate of drug-likeness (QED) is 0.557. The van der Waals surface area contributed by atoms with E-state index in [2.05, 4.69) is 90.5 Å². The highest BCUT2D eigenvalue weighted by atomic mass is 15.0. The topological polar surface area (TPSA) is 30.9 Å². The summed E-state index contributed by atoms with van der Waals surface area (Å²) in [5.74, 6) is 0. The number of benzene rings is 3. The van der Waals surface area contributed by atoms with Crippen LogP contribution in [-0.2, 0) is 0 Å². The predicted molar refractivity (Wildman–Crippen MR) is 103 cm³/mol. The van der Waals surface area contributed by atoms with E-state index in [1.807, 2.05) is 0 Å². The van der Waals surface area contributed by atoms with Crippen LogP contribution >= 0.6 is 0 Å². The molecule has 0 fully saturated rings. The Morgan fingerprint density at radius 2 is 1.79 bits per heavy atom. The largest absolute Gasteiger partial charge is 0.327 e. The Morgan fingerprint density at radius 1 is 0.958 bits per heavy atom. The van der Waals surface area contributed by atoms with Gasteiger partial charge in [-0.25, -0.2) is 0 Å². The second-order valence-corrected chi connectivity index (χ2v) is 6.08. The van der Waals surface area contributed by atoms with Crippen molar-refractivity contribution in [1.82, 2.24) is 4.57 Å². The standard InChI is InChI=1S/C22H20N2/c1-16(11-13-23)19-6-4-7-20(15-19)24-14-12-18-10-9-17-5-2-3-8-21(17)22(18)24/h2-12,14-15H,13,23H2,1H3/b16-11+. The van der Waals surface area contributed by atoms with Crippen LogP contribution in [0, 0.1) is 0 Å². The van der Waals surface area contributed by atoms with Crippen LogP contribution in [0.3, 0.4) is 0 Å². The average molecular weight is 312 g/mol. The number of nitrogens with two attached hydrogens (primary N) is 1. The molecule has 0 unspecified atom stereocenters. The van der Waals surface area contributed by atoms with Crippen LogP contribution in [0.2, 0.25) is 0 Å². The molecular formula is C22H20N2. The molecule has 0 radical (unpaired) electrons. The van der Waals surface area contributed by atoms with Crippen LogP contribution in [0.1, 0.15) is 12.5 Å². The van der Waals surface area contributed by atoms with Crippen LogP contribution in [0.15, 0.2) is 79.0 Å². The molecule has 0 amide bonds. The Labute approximate surface area is 141 Å². The minimum atomic E-state index is 0.563. The van der Waals surface area contributed by atoms with Gasteiger partial charge in [0.1, 0.15) is 0 Å². The van der Waals surface area contributed by atoms with E-state index in [4.69, 9.17) is 5.73 Å². The molecule has 3 aromatic carbocycles. The Hall–Kier alpha value is -2.84. The van der Waals surface area contributed by atoms with Crippen molar-refractivity contribution < 1.29 is 0 Å². The summed E-state index contributed by atoms with van der Waals surface area (Å²) in [6, 6.07) is 23.7. The fourth-order valence-corrected chi connectivity index (χ4v) is 3.32. The maximum Gasteiger partial charge on any atom is 0.0606 e. The van der Waals surface area contributed by atoms with Crippen molar-refractivity contribution in [3.63, 3.8) is 0 Å². The van der Waals surface area contributed by atoms with Crippen molar-refractivity contribution in [2.24, 2.45) is 5.73 Å². The second kappa shape index (κ2) is 5.99. The zero-order chi connectivity index (χ0) is 16.5. The molecule has 0 aliphatic heterocycles. The number of rotatable bonds is 3. The summed E-state index contributed by atoms with van der Waals surface area (Å²) in [7, 11) is 0. The number of hydrogen-bond acceptors (Lipinski definition) is 1. The average Bonchev–Trinajstić information content (AvgIpc) is 3.07. The summed E-state index contributed by atoms with van der Waals surface area (Å²) in [5, 5.41) is 3.80. The van der Waals surface area contributed by atoms with Gasteiger partial charge in [-0.15, -0.1) is 0 Å². The predicted octanol–water partition coefficient (Wildman–Crippen LogP) is 5.15. The van der Waals surface area contributed by atoms with E-state index in [0.717, 1.165) is 0 Å². The highest BCUT2D eigenvalue weighted by Crippen LogP contribution is 2.29. The van der Waals surface area contributed by atoms with Crippen molar-refractivity contribution in [2.45, 2.75) is 6.92 Å². The zero-order valence-corrected chi connectivity index (χ0v) is 13.7. The van der Waals surface area contributed by atoms with E-state index in [-0.39, 0.29) is 0 Å². The summed E-state index contributed by atoms with van der Waals surface area (Å²) in [4.78, 5) is 0. The molecule has 0 spiro atoms. The minimum absolute atomic E-state index is 0.563. The third-order valence-corrected chi connectivity index (χ3v) is 4.58. The molecule has 1 heterocycles. The lowest BCUT2D eigenvalue weighted by molar-refractivity contribution is 1.13. The summed E-state index contributed by atoms with van der Waals surface area (Å²) >= 11 is 0. The van der Waals surface area contributed by atoms with E-state index in [1.165, 1.54) is 38.5 Å². The summed E-state index contributed by atoms with van der Waals surface area (Å²) in [6.45, 7) is 2.67. The molecule has 4 rings (SSSR count). The van der Waals surface area contributed by atoms with Gasteiger partial charge in [0.15, 0.2) is 0 Å². The van der Waals surface area contributed by atoms with Gasteiger partial charge in [0.25, 0.3) is 0 Å². The van der Waals surface area contributed by atoms with Crippen molar-refractivity contribution in [1.29, 1.82) is 0 Å². The second-order valence-electron chi connectivity index (χ2n) is 6.08. The molecule has 0 aliphatic carbocycles. The van der Waals surface area contributed by atoms with E-state index in [9.17, 15) is 0 Å². The molecule has 0 bridgehead atoms. The van der Waals surface area contributed by atoms with Gasteiger partial charge in [0.05, 0.1) is 5.52 Å². The fraction of sp³-hybridized carbons (Fsp3) is 0.0909. The van der Waals surface area contributed by atoms with Gasteiger partial charge >= 0.3 is 0 Å². The van der Waals surface area contributed by atoms with Gasteiger partial charge < -0.3 is 10.3 Å². The highest BCUT2D eigenvalue weighted by Gasteiger charge is 2.08. The Balaban J connectivity index is 1.96. The smallest absolute Gasteiger partial charge is 0.0606 e. The first-order chi connectivity index (χ1) is 11.8. The lowest BCUT2D eigenvalue weighted by Crippen LogP contribution is -1.96. The van der Waals surface area contributed by atoms with Gasteiger partial charge in [0, 0.05) is 29.2 Å². The van der Waals surface area contributed by atoms with Crippen LogP contribution < -0.4 is 5.73 Å². The molecule has 0 aliphatic rings. The van der Waals surface area contributed by atoms with Crippen molar-refractivity contribution in [3.05, 3.63) is 84.6 Å². The van der Waals surface area contributed by atoms with E-state index >= 15 is 0 Å². The first-order valence-corrected chi connectivity index (χ1v) is 8.24. The van der Waals surface area contributed by atoms with Crippen LogP contribution in [0.25, 0.3) is 32.9 Å². The molecule has 2 heteroatoms. The molecule has 0 saturated carbocycles. The summed E-state index contributed by atoms with van der Waals surface area (Å²) in [5.41, 5.74) is 10.5. The molecule has 4 aromatic rings. The number of fused-ring (bicyclic) bond motifs is 3. The van der Waals surface area contributed by atoms with Crippen LogP contribution in [0.5, 0.6) is 0 Å². The Bertz CT molecular complexity index is 1050.